The summed E-state index contributed by atoms with van der Waals surface area (Å²) in [5.74, 6) is -0.834. The van der Waals surface area contributed by atoms with Gasteiger partial charge in [0.25, 0.3) is 5.91 Å². The van der Waals surface area contributed by atoms with E-state index in [4.69, 9.17) is 5.26 Å². The van der Waals surface area contributed by atoms with Crippen LogP contribution in [0.15, 0.2) is 29.1 Å². The minimum atomic E-state index is -4.82. The lowest BCUT2D eigenvalue weighted by Crippen LogP contribution is -2.38. The van der Waals surface area contributed by atoms with Gasteiger partial charge in [0.2, 0.25) is 5.88 Å². The Morgan fingerprint density at radius 1 is 1.22 bits per heavy atom. The molecule has 2 aliphatic heterocycles. The van der Waals surface area contributed by atoms with Crippen LogP contribution in [0.2, 0.25) is 0 Å². The number of hydrogen-bond acceptors (Lipinski definition) is 5. The van der Waals surface area contributed by atoms with Gasteiger partial charge in [-0.25, -0.2) is 9.36 Å². The number of hydrogen-bond donors (Lipinski definition) is 1. The van der Waals surface area contributed by atoms with E-state index in [0.717, 1.165) is 16.3 Å². The zero-order valence-electron chi connectivity index (χ0n) is 20.0. The van der Waals surface area contributed by atoms with Gasteiger partial charge in [-0.1, -0.05) is 20.8 Å². The van der Waals surface area contributed by atoms with Crippen LogP contribution < -0.4 is 5.69 Å². The summed E-state index contributed by atoms with van der Waals surface area (Å²) in [4.78, 5) is 28.2. The quantitative estimate of drug-likeness (QED) is 0.580. The second-order valence-electron chi connectivity index (χ2n) is 10.2. The fourth-order valence-electron chi connectivity index (χ4n) is 5.09. The lowest BCUT2D eigenvalue weighted by molar-refractivity contribution is -0.137. The van der Waals surface area contributed by atoms with Gasteiger partial charge in [0, 0.05) is 19.0 Å². The van der Waals surface area contributed by atoms with E-state index < -0.39 is 41.0 Å². The zero-order valence-corrected chi connectivity index (χ0v) is 20.0. The highest BCUT2D eigenvalue weighted by Gasteiger charge is 2.50. The molecule has 2 aromatic heterocycles. The lowest BCUT2D eigenvalue weighted by Gasteiger charge is -2.27. The van der Waals surface area contributed by atoms with E-state index in [1.807, 2.05) is 20.8 Å². The summed E-state index contributed by atoms with van der Waals surface area (Å²) in [5.41, 5.74) is -1.70. The molecule has 1 amide bonds. The van der Waals surface area contributed by atoms with Crippen LogP contribution in [-0.2, 0) is 18.6 Å². The largest absolute Gasteiger partial charge is 0.493 e. The van der Waals surface area contributed by atoms with Gasteiger partial charge in [0.05, 0.1) is 40.7 Å². The summed E-state index contributed by atoms with van der Waals surface area (Å²) in [6, 6.07) is 4.99. The molecule has 9 nitrogen and oxygen atoms in total. The normalized spacial score (nSPS) is 19.0. The monoisotopic (exact) mass is 500 g/mol. The zero-order chi connectivity index (χ0) is 26.3. The van der Waals surface area contributed by atoms with Crippen LogP contribution in [0.1, 0.15) is 72.3 Å². The van der Waals surface area contributed by atoms with Crippen molar-refractivity contribution in [1.82, 2.24) is 23.8 Å². The Morgan fingerprint density at radius 2 is 1.92 bits per heavy atom. The number of halogens is 3. The minimum absolute atomic E-state index is 0.181. The van der Waals surface area contributed by atoms with Crippen LogP contribution in [0.25, 0.3) is 5.69 Å². The number of amides is 1. The predicted octanol–water partition coefficient (Wildman–Crippen LogP) is 3.41. The molecule has 3 aromatic rings. The van der Waals surface area contributed by atoms with Crippen LogP contribution in [0.3, 0.4) is 0 Å². The number of aryl methyl sites for hydroxylation is 1. The predicted molar refractivity (Wildman–Crippen MR) is 121 cm³/mol. The number of benzene rings is 1. The van der Waals surface area contributed by atoms with E-state index in [1.54, 1.807) is 18.0 Å². The topological polar surface area (TPSA) is 109 Å². The van der Waals surface area contributed by atoms with Gasteiger partial charge < -0.3 is 10.0 Å². The molecule has 4 heterocycles. The number of fused-ring (bicyclic) bond motifs is 5. The lowest BCUT2D eigenvalue weighted by atomic mass is 9.92. The molecule has 0 saturated carbocycles. The fraction of sp³-hybridized carbons (Fsp3) is 0.417. The van der Waals surface area contributed by atoms with Crippen LogP contribution in [0, 0.1) is 11.3 Å². The number of alkyl halides is 3. The van der Waals surface area contributed by atoms with Gasteiger partial charge in [0.15, 0.2) is 0 Å². The smallest absolute Gasteiger partial charge is 0.417 e. The number of carbonyl (C=O) groups excluding carboxylic acids is 1. The Balaban J connectivity index is 1.56. The van der Waals surface area contributed by atoms with Crippen LogP contribution in [0.5, 0.6) is 5.88 Å². The van der Waals surface area contributed by atoms with Gasteiger partial charge >= 0.3 is 11.9 Å². The van der Waals surface area contributed by atoms with Crippen LogP contribution >= 0.6 is 0 Å². The Kier molecular flexibility index (Phi) is 4.94. The van der Waals surface area contributed by atoms with Crippen molar-refractivity contribution in [2.75, 3.05) is 6.54 Å². The maximum absolute atomic E-state index is 13.5. The summed E-state index contributed by atoms with van der Waals surface area (Å²) in [6.45, 7) is 6.16. The van der Waals surface area contributed by atoms with Crippen molar-refractivity contribution in [1.29, 1.82) is 5.26 Å². The average molecular weight is 500 g/mol. The third-order valence-corrected chi connectivity index (χ3v) is 6.87. The summed E-state index contributed by atoms with van der Waals surface area (Å²) in [5, 5.41) is 24.5. The summed E-state index contributed by atoms with van der Waals surface area (Å²) in [7, 11) is 1.67. The van der Waals surface area contributed by atoms with Gasteiger partial charge in [-0.15, -0.1) is 0 Å². The molecule has 2 atom stereocenters. The Morgan fingerprint density at radius 3 is 2.50 bits per heavy atom. The first-order valence-electron chi connectivity index (χ1n) is 11.3. The molecule has 0 spiro atoms. The van der Waals surface area contributed by atoms with Crippen LogP contribution in [0.4, 0.5) is 13.2 Å². The summed E-state index contributed by atoms with van der Waals surface area (Å²) in [6.07, 6.45) is -4.41. The van der Waals surface area contributed by atoms with Gasteiger partial charge in [-0.05, 0) is 30.7 Å². The van der Waals surface area contributed by atoms with Crippen molar-refractivity contribution < 1.29 is 23.1 Å². The van der Waals surface area contributed by atoms with E-state index in [0.29, 0.717) is 18.2 Å². The summed E-state index contributed by atoms with van der Waals surface area (Å²) < 4.78 is 44.1. The van der Waals surface area contributed by atoms with E-state index >= 15 is 0 Å². The molecule has 1 aromatic carbocycles. The highest BCUT2D eigenvalue weighted by atomic mass is 19.4. The number of nitrogens with zero attached hydrogens (tertiary/aromatic N) is 6. The van der Waals surface area contributed by atoms with Gasteiger partial charge in [-0.2, -0.15) is 23.5 Å². The van der Waals surface area contributed by atoms with Gasteiger partial charge in [0.1, 0.15) is 11.4 Å². The Bertz CT molecular complexity index is 1520. The maximum atomic E-state index is 13.5. The number of aromatic hydroxyl groups is 1. The Hall–Kier alpha value is -4.01. The first kappa shape index (κ1) is 23.7. The SMILES string of the molecule is Cn1nc(C(C)(C)C)cc1C(=O)N1CC2CC1c1c(O)n(-c3ccc(C#N)c(C(F)(F)F)c3)c(=O)n12. The molecule has 1 fully saturated rings. The first-order chi connectivity index (χ1) is 16.7. The molecular formula is C24H23F3N6O3. The molecule has 188 valence electrons. The van der Waals surface area contributed by atoms with Gasteiger partial charge in [-0.3, -0.25) is 14.0 Å². The molecule has 12 heteroatoms. The van der Waals surface area contributed by atoms with E-state index in [2.05, 4.69) is 5.10 Å². The molecule has 2 unspecified atom stereocenters. The molecule has 5 rings (SSSR count). The molecule has 1 N–H and O–H groups in total. The van der Waals surface area contributed by atoms with Crippen LogP contribution in [-0.4, -0.2) is 41.4 Å². The van der Waals surface area contributed by atoms with Crippen molar-refractivity contribution in [2.24, 2.45) is 7.05 Å². The number of aromatic nitrogens is 4. The van der Waals surface area contributed by atoms with Crippen molar-refractivity contribution in [3.63, 3.8) is 0 Å². The highest BCUT2D eigenvalue weighted by molar-refractivity contribution is 5.93. The first-order valence-corrected chi connectivity index (χ1v) is 11.3. The van der Waals surface area contributed by atoms with Crippen molar-refractivity contribution in [2.45, 2.75) is 50.9 Å². The number of rotatable bonds is 2. The second kappa shape index (κ2) is 7.49. The number of imidazole rings is 1. The number of likely N-dealkylation sites (tertiary alicyclic amines) is 1. The molecule has 36 heavy (non-hydrogen) atoms. The molecule has 0 radical (unpaired) electrons. The standard InChI is InChI=1S/C24H23F3N6O3/c1-23(2,3)18-9-17(30(4)29-18)20(34)31-11-14-8-16(31)19-21(35)33(22(36)32(14)19)13-6-5-12(10-28)15(7-13)24(25,26)27/h5-7,9,14,16,35H,8,11H2,1-4H3. The average Bonchev–Trinajstić information content (AvgIpc) is 3.54. The third kappa shape index (κ3) is 3.33. The third-order valence-electron chi connectivity index (χ3n) is 6.87. The number of nitriles is 1. The summed E-state index contributed by atoms with van der Waals surface area (Å²) >= 11 is 0. The molecule has 1 saturated heterocycles. The van der Waals surface area contributed by atoms with Crippen molar-refractivity contribution in [3.05, 3.63) is 63.0 Å². The Labute approximate surface area is 203 Å². The van der Waals surface area contributed by atoms with E-state index in [1.165, 1.54) is 21.4 Å². The van der Waals surface area contributed by atoms with E-state index in [-0.39, 0.29) is 29.2 Å². The van der Waals surface area contributed by atoms with Crippen molar-refractivity contribution in [3.8, 4) is 17.6 Å². The minimum Gasteiger partial charge on any atom is -0.493 e. The second-order valence-corrected chi connectivity index (χ2v) is 10.2. The van der Waals surface area contributed by atoms with E-state index in [9.17, 15) is 27.9 Å². The van der Waals surface area contributed by atoms with Crippen molar-refractivity contribution >= 4 is 5.91 Å². The number of carbonyl (C=O) groups is 1. The molecule has 0 aliphatic carbocycles. The highest BCUT2D eigenvalue weighted by Crippen LogP contribution is 2.49. The molecule has 2 aliphatic rings. The molecular weight excluding hydrogens is 477 g/mol. The maximum Gasteiger partial charge on any atom is 0.417 e. The molecule has 2 bridgehead atoms. The fourth-order valence-corrected chi connectivity index (χ4v) is 5.09.